The van der Waals surface area contributed by atoms with Crippen molar-refractivity contribution >= 4 is 22.4 Å². The van der Waals surface area contributed by atoms with Crippen LogP contribution in [0.15, 0.2) is 84.5 Å². The number of amides is 1. The molecule has 4 aromatic rings. The number of aromatic nitrogens is 2. The van der Waals surface area contributed by atoms with Crippen LogP contribution in [0.1, 0.15) is 11.1 Å². The standard InChI is InChI=1S/C23H19N3O2S/c27-22(26-23-25-21(16-29-23)19-10-12-24-13-11-19)14-17-6-8-20(9-7-17)28-15-18-4-2-1-3-5-18/h1-13,16H,14-15H2,(H,25,26,27). The van der Waals surface area contributed by atoms with Crippen molar-refractivity contribution in [1.29, 1.82) is 0 Å². The second-order valence-electron chi connectivity index (χ2n) is 6.42. The summed E-state index contributed by atoms with van der Waals surface area (Å²) in [5.41, 5.74) is 3.83. The Bertz CT molecular complexity index is 1060. The highest BCUT2D eigenvalue weighted by Crippen LogP contribution is 2.24. The van der Waals surface area contributed by atoms with Gasteiger partial charge >= 0.3 is 0 Å². The topological polar surface area (TPSA) is 64.1 Å². The van der Waals surface area contributed by atoms with Crippen molar-refractivity contribution in [3.05, 3.63) is 95.6 Å². The second kappa shape index (κ2) is 9.12. The first-order valence-electron chi connectivity index (χ1n) is 9.18. The molecule has 0 unspecified atom stereocenters. The molecule has 144 valence electrons. The summed E-state index contributed by atoms with van der Waals surface area (Å²) in [7, 11) is 0. The Kier molecular flexibility index (Phi) is 5.92. The van der Waals surface area contributed by atoms with Crippen LogP contribution in [0.25, 0.3) is 11.3 Å². The van der Waals surface area contributed by atoms with E-state index in [-0.39, 0.29) is 12.3 Å². The zero-order valence-corrected chi connectivity index (χ0v) is 16.4. The first-order chi connectivity index (χ1) is 14.3. The van der Waals surface area contributed by atoms with Gasteiger partial charge in [-0.2, -0.15) is 0 Å². The maximum Gasteiger partial charge on any atom is 0.230 e. The Morgan fingerprint density at radius 3 is 2.45 bits per heavy atom. The molecule has 0 aliphatic rings. The maximum atomic E-state index is 12.3. The number of nitrogens with zero attached hydrogens (tertiary/aromatic N) is 2. The Hall–Kier alpha value is -3.51. The number of anilines is 1. The van der Waals surface area contributed by atoms with Crippen LogP contribution in [0, 0.1) is 0 Å². The van der Waals surface area contributed by atoms with Crippen molar-refractivity contribution in [2.45, 2.75) is 13.0 Å². The van der Waals surface area contributed by atoms with Gasteiger partial charge in [-0.05, 0) is 35.4 Å². The number of rotatable bonds is 7. The Morgan fingerprint density at radius 1 is 0.931 bits per heavy atom. The molecular weight excluding hydrogens is 382 g/mol. The average Bonchev–Trinajstić information content (AvgIpc) is 3.23. The molecule has 1 amide bonds. The van der Waals surface area contributed by atoms with E-state index in [2.05, 4.69) is 15.3 Å². The molecule has 0 fully saturated rings. The summed E-state index contributed by atoms with van der Waals surface area (Å²) in [6.07, 6.45) is 3.73. The van der Waals surface area contributed by atoms with Gasteiger partial charge in [-0.25, -0.2) is 4.98 Å². The molecule has 4 rings (SSSR count). The van der Waals surface area contributed by atoms with E-state index in [9.17, 15) is 4.79 Å². The summed E-state index contributed by atoms with van der Waals surface area (Å²) in [4.78, 5) is 20.8. The van der Waals surface area contributed by atoms with Crippen molar-refractivity contribution < 1.29 is 9.53 Å². The number of carbonyl (C=O) groups is 1. The normalized spacial score (nSPS) is 10.5. The van der Waals surface area contributed by atoms with Crippen LogP contribution >= 0.6 is 11.3 Å². The van der Waals surface area contributed by atoms with Gasteiger partial charge in [-0.1, -0.05) is 42.5 Å². The third-order valence-electron chi connectivity index (χ3n) is 4.26. The first-order valence-corrected chi connectivity index (χ1v) is 10.1. The molecule has 2 aromatic carbocycles. The molecular formula is C23H19N3O2S. The van der Waals surface area contributed by atoms with Gasteiger partial charge in [0.25, 0.3) is 0 Å². The fourth-order valence-corrected chi connectivity index (χ4v) is 3.52. The van der Waals surface area contributed by atoms with Crippen molar-refractivity contribution in [3.8, 4) is 17.0 Å². The molecule has 2 heterocycles. The van der Waals surface area contributed by atoms with Crippen molar-refractivity contribution in [1.82, 2.24) is 9.97 Å². The van der Waals surface area contributed by atoms with E-state index in [1.807, 2.05) is 72.1 Å². The van der Waals surface area contributed by atoms with Gasteiger partial charge in [0.15, 0.2) is 5.13 Å². The van der Waals surface area contributed by atoms with Gasteiger partial charge in [-0.3, -0.25) is 9.78 Å². The lowest BCUT2D eigenvalue weighted by Crippen LogP contribution is -2.14. The maximum absolute atomic E-state index is 12.3. The van der Waals surface area contributed by atoms with E-state index in [4.69, 9.17) is 4.74 Å². The summed E-state index contributed by atoms with van der Waals surface area (Å²) >= 11 is 1.41. The molecule has 1 N–H and O–H groups in total. The predicted molar refractivity (Wildman–Crippen MR) is 115 cm³/mol. The Morgan fingerprint density at radius 2 is 1.69 bits per heavy atom. The minimum Gasteiger partial charge on any atom is -0.489 e. The zero-order chi connectivity index (χ0) is 19.9. The molecule has 0 aliphatic carbocycles. The van der Waals surface area contributed by atoms with E-state index in [1.54, 1.807) is 12.4 Å². The Labute approximate surface area is 173 Å². The number of carbonyl (C=O) groups excluding carboxylic acids is 1. The number of thiazole rings is 1. The highest BCUT2D eigenvalue weighted by Gasteiger charge is 2.09. The van der Waals surface area contributed by atoms with Gasteiger partial charge < -0.3 is 10.1 Å². The smallest absolute Gasteiger partial charge is 0.230 e. The highest BCUT2D eigenvalue weighted by atomic mass is 32.1. The summed E-state index contributed by atoms with van der Waals surface area (Å²) in [5.74, 6) is 0.679. The molecule has 0 aliphatic heterocycles. The van der Waals surface area contributed by atoms with Crippen molar-refractivity contribution in [2.75, 3.05) is 5.32 Å². The molecule has 0 saturated heterocycles. The van der Waals surface area contributed by atoms with Crippen LogP contribution in [-0.2, 0) is 17.8 Å². The van der Waals surface area contributed by atoms with Gasteiger partial charge in [0, 0.05) is 23.3 Å². The third-order valence-corrected chi connectivity index (χ3v) is 5.02. The highest BCUT2D eigenvalue weighted by molar-refractivity contribution is 7.14. The number of hydrogen-bond acceptors (Lipinski definition) is 5. The van der Waals surface area contributed by atoms with Gasteiger partial charge in [0.05, 0.1) is 12.1 Å². The summed E-state index contributed by atoms with van der Waals surface area (Å²) in [6.45, 7) is 0.518. The van der Waals surface area contributed by atoms with Crippen molar-refractivity contribution in [3.63, 3.8) is 0 Å². The van der Waals surface area contributed by atoms with E-state index in [1.165, 1.54) is 11.3 Å². The lowest BCUT2D eigenvalue weighted by Gasteiger charge is -2.07. The van der Waals surface area contributed by atoms with Gasteiger partial charge in [0.2, 0.25) is 5.91 Å². The zero-order valence-electron chi connectivity index (χ0n) is 15.6. The average molecular weight is 401 g/mol. The largest absolute Gasteiger partial charge is 0.489 e. The predicted octanol–water partition coefficient (Wildman–Crippen LogP) is 4.97. The number of nitrogens with one attached hydrogen (secondary N) is 1. The molecule has 6 heteroatoms. The lowest BCUT2D eigenvalue weighted by molar-refractivity contribution is -0.115. The van der Waals surface area contributed by atoms with Crippen LogP contribution in [0.2, 0.25) is 0 Å². The lowest BCUT2D eigenvalue weighted by atomic mass is 10.1. The van der Waals surface area contributed by atoms with Crippen LogP contribution in [-0.4, -0.2) is 15.9 Å². The number of benzene rings is 2. The SMILES string of the molecule is O=C(Cc1ccc(OCc2ccccc2)cc1)Nc1nc(-c2ccncc2)cs1. The van der Waals surface area contributed by atoms with Crippen molar-refractivity contribution in [2.24, 2.45) is 0 Å². The monoisotopic (exact) mass is 401 g/mol. The summed E-state index contributed by atoms with van der Waals surface area (Å²) in [6, 6.07) is 21.4. The fraction of sp³-hybridized carbons (Fsp3) is 0.0870. The van der Waals surface area contributed by atoms with E-state index >= 15 is 0 Å². The van der Waals surface area contributed by atoms with Crippen LogP contribution in [0.4, 0.5) is 5.13 Å². The summed E-state index contributed by atoms with van der Waals surface area (Å²) < 4.78 is 5.78. The van der Waals surface area contributed by atoms with Gasteiger partial charge in [-0.15, -0.1) is 11.3 Å². The van der Waals surface area contributed by atoms with E-state index < -0.39 is 0 Å². The molecule has 5 nitrogen and oxygen atoms in total. The molecule has 0 radical (unpaired) electrons. The van der Waals surface area contributed by atoms with Crippen LogP contribution in [0.3, 0.4) is 0 Å². The summed E-state index contributed by atoms with van der Waals surface area (Å²) in [5, 5.41) is 5.37. The number of pyridine rings is 1. The molecule has 2 aromatic heterocycles. The first kappa shape index (κ1) is 18.8. The van der Waals surface area contributed by atoms with E-state index in [0.717, 1.165) is 28.1 Å². The molecule has 0 atom stereocenters. The van der Waals surface area contributed by atoms with Crippen LogP contribution in [0.5, 0.6) is 5.75 Å². The van der Waals surface area contributed by atoms with Crippen LogP contribution < -0.4 is 10.1 Å². The second-order valence-corrected chi connectivity index (χ2v) is 7.28. The number of hydrogen-bond donors (Lipinski definition) is 1. The molecule has 0 bridgehead atoms. The molecule has 0 saturated carbocycles. The fourth-order valence-electron chi connectivity index (χ4n) is 2.78. The molecule has 29 heavy (non-hydrogen) atoms. The minimum atomic E-state index is -0.0985. The van der Waals surface area contributed by atoms with E-state index in [0.29, 0.717) is 11.7 Å². The Balaban J connectivity index is 1.30. The molecule has 0 spiro atoms. The quantitative estimate of drug-likeness (QED) is 0.475. The third kappa shape index (κ3) is 5.27. The van der Waals surface area contributed by atoms with Gasteiger partial charge in [0.1, 0.15) is 12.4 Å². The number of ether oxygens (including phenoxy) is 1. The minimum absolute atomic E-state index is 0.0985.